The number of anilines is 1. The fourth-order valence-corrected chi connectivity index (χ4v) is 3.00. The van der Waals surface area contributed by atoms with Gasteiger partial charge >= 0.3 is 0 Å². The number of nitrogens with zero attached hydrogens (tertiary/aromatic N) is 2. The van der Waals surface area contributed by atoms with Gasteiger partial charge in [-0.15, -0.1) is 0 Å². The lowest BCUT2D eigenvalue weighted by molar-refractivity contribution is 0.443. The fraction of sp³-hybridized carbons (Fsp3) is 0.412. The smallest absolute Gasteiger partial charge is 0.222 e. The van der Waals surface area contributed by atoms with Crippen LogP contribution in [0.3, 0.4) is 0 Å². The number of hydrogen-bond acceptors (Lipinski definition) is 3. The van der Waals surface area contributed by atoms with Crippen molar-refractivity contribution in [2.24, 2.45) is 0 Å². The van der Waals surface area contributed by atoms with E-state index in [4.69, 9.17) is 0 Å². The molecule has 0 bridgehead atoms. The van der Waals surface area contributed by atoms with Gasteiger partial charge in [-0.1, -0.05) is 43.5 Å². The second-order valence-electron chi connectivity index (χ2n) is 5.47. The third-order valence-corrected chi connectivity index (χ3v) is 4.16. The highest BCUT2D eigenvalue weighted by atomic mass is 15.1. The third-order valence-electron chi connectivity index (χ3n) is 4.16. The van der Waals surface area contributed by atoms with E-state index in [-0.39, 0.29) is 0 Å². The third kappa shape index (κ3) is 2.82. The average Bonchev–Trinajstić information content (AvgIpc) is 2.56. The molecule has 3 nitrogen and oxygen atoms in total. The maximum absolute atomic E-state index is 4.48. The summed E-state index contributed by atoms with van der Waals surface area (Å²) < 4.78 is 0. The van der Waals surface area contributed by atoms with Crippen LogP contribution in [0.5, 0.6) is 0 Å². The van der Waals surface area contributed by atoms with Gasteiger partial charge in [0.25, 0.3) is 0 Å². The Morgan fingerprint density at radius 3 is 2.45 bits per heavy atom. The van der Waals surface area contributed by atoms with Crippen molar-refractivity contribution in [2.45, 2.75) is 38.0 Å². The molecule has 1 aromatic heterocycles. The lowest BCUT2D eigenvalue weighted by Crippen LogP contribution is -2.04. The van der Waals surface area contributed by atoms with Gasteiger partial charge in [-0.25, -0.2) is 9.97 Å². The predicted molar refractivity (Wildman–Crippen MR) is 82.8 cm³/mol. The SMILES string of the molecule is CNc1nccc(-c2ccc(C3CCCCC3)cc2)n1. The first-order valence-corrected chi connectivity index (χ1v) is 7.48. The van der Waals surface area contributed by atoms with E-state index >= 15 is 0 Å². The van der Waals surface area contributed by atoms with Crippen LogP contribution in [-0.4, -0.2) is 17.0 Å². The summed E-state index contributed by atoms with van der Waals surface area (Å²) in [5, 5.41) is 2.98. The summed E-state index contributed by atoms with van der Waals surface area (Å²) in [6.45, 7) is 0. The molecule has 0 aliphatic heterocycles. The van der Waals surface area contributed by atoms with E-state index in [2.05, 4.69) is 39.6 Å². The highest BCUT2D eigenvalue weighted by molar-refractivity contribution is 5.60. The van der Waals surface area contributed by atoms with Crippen molar-refractivity contribution in [3.63, 3.8) is 0 Å². The minimum absolute atomic E-state index is 0.666. The lowest BCUT2D eigenvalue weighted by atomic mass is 9.84. The second kappa shape index (κ2) is 6.04. The molecular weight excluding hydrogens is 246 g/mol. The van der Waals surface area contributed by atoms with Crippen LogP contribution in [0.1, 0.15) is 43.6 Å². The van der Waals surface area contributed by atoms with Crippen molar-refractivity contribution in [1.29, 1.82) is 0 Å². The molecule has 0 amide bonds. The van der Waals surface area contributed by atoms with Crippen LogP contribution in [0.4, 0.5) is 5.95 Å². The van der Waals surface area contributed by atoms with Crippen molar-refractivity contribution in [2.75, 3.05) is 12.4 Å². The molecule has 1 saturated carbocycles. The normalized spacial score (nSPS) is 16.1. The molecule has 1 heterocycles. The zero-order chi connectivity index (χ0) is 13.8. The summed E-state index contributed by atoms with van der Waals surface area (Å²) >= 11 is 0. The molecule has 0 radical (unpaired) electrons. The maximum Gasteiger partial charge on any atom is 0.222 e. The van der Waals surface area contributed by atoms with E-state index in [1.807, 2.05) is 13.1 Å². The number of nitrogens with one attached hydrogen (secondary N) is 1. The first-order valence-electron chi connectivity index (χ1n) is 7.48. The maximum atomic E-state index is 4.48. The molecule has 3 rings (SSSR count). The van der Waals surface area contributed by atoms with Gasteiger partial charge < -0.3 is 5.32 Å². The zero-order valence-corrected chi connectivity index (χ0v) is 12.0. The molecule has 1 aromatic carbocycles. The Balaban J connectivity index is 1.81. The molecule has 1 aliphatic rings. The van der Waals surface area contributed by atoms with E-state index < -0.39 is 0 Å². The van der Waals surface area contributed by atoms with Crippen LogP contribution in [0.15, 0.2) is 36.5 Å². The molecule has 1 N–H and O–H groups in total. The van der Waals surface area contributed by atoms with Crippen molar-refractivity contribution >= 4 is 5.95 Å². The minimum Gasteiger partial charge on any atom is -0.357 e. The highest BCUT2D eigenvalue weighted by Crippen LogP contribution is 2.33. The number of benzene rings is 1. The molecule has 2 aromatic rings. The fourth-order valence-electron chi connectivity index (χ4n) is 3.00. The van der Waals surface area contributed by atoms with Gasteiger partial charge in [0.2, 0.25) is 5.95 Å². The molecule has 20 heavy (non-hydrogen) atoms. The van der Waals surface area contributed by atoms with Crippen LogP contribution in [-0.2, 0) is 0 Å². The molecule has 0 saturated heterocycles. The van der Waals surface area contributed by atoms with Gasteiger partial charge in [0.15, 0.2) is 0 Å². The molecule has 0 spiro atoms. The summed E-state index contributed by atoms with van der Waals surface area (Å²) in [6.07, 6.45) is 8.65. The highest BCUT2D eigenvalue weighted by Gasteiger charge is 2.15. The molecule has 3 heteroatoms. The Morgan fingerprint density at radius 1 is 1.00 bits per heavy atom. The van der Waals surface area contributed by atoms with Crippen molar-refractivity contribution in [3.05, 3.63) is 42.1 Å². The van der Waals surface area contributed by atoms with E-state index in [0.29, 0.717) is 5.95 Å². The van der Waals surface area contributed by atoms with Crippen molar-refractivity contribution < 1.29 is 0 Å². The van der Waals surface area contributed by atoms with E-state index in [1.54, 1.807) is 6.20 Å². The molecule has 0 atom stereocenters. The van der Waals surface area contributed by atoms with E-state index in [9.17, 15) is 0 Å². The van der Waals surface area contributed by atoms with Gasteiger partial charge in [0, 0.05) is 18.8 Å². The molecule has 104 valence electrons. The summed E-state index contributed by atoms with van der Waals surface area (Å²) in [4.78, 5) is 8.63. The monoisotopic (exact) mass is 267 g/mol. The Morgan fingerprint density at radius 2 is 1.75 bits per heavy atom. The first-order chi connectivity index (χ1) is 9.86. The largest absolute Gasteiger partial charge is 0.357 e. The molecule has 0 unspecified atom stereocenters. The van der Waals surface area contributed by atoms with Crippen LogP contribution >= 0.6 is 0 Å². The minimum atomic E-state index is 0.666. The van der Waals surface area contributed by atoms with Crippen LogP contribution in [0.25, 0.3) is 11.3 Å². The summed E-state index contributed by atoms with van der Waals surface area (Å²) in [5.74, 6) is 1.43. The first kappa shape index (κ1) is 13.1. The molecule has 1 aliphatic carbocycles. The van der Waals surface area contributed by atoms with Crippen LogP contribution in [0, 0.1) is 0 Å². The summed E-state index contributed by atoms with van der Waals surface area (Å²) in [6, 6.07) is 10.9. The van der Waals surface area contributed by atoms with E-state index in [1.165, 1.54) is 37.7 Å². The second-order valence-corrected chi connectivity index (χ2v) is 5.47. The Labute approximate surface area is 120 Å². The number of hydrogen-bond donors (Lipinski definition) is 1. The van der Waals surface area contributed by atoms with Gasteiger partial charge in [-0.3, -0.25) is 0 Å². The van der Waals surface area contributed by atoms with Gasteiger partial charge in [0.1, 0.15) is 0 Å². The lowest BCUT2D eigenvalue weighted by Gasteiger charge is -2.22. The quantitative estimate of drug-likeness (QED) is 0.904. The molecule has 1 fully saturated rings. The Bertz CT molecular complexity index is 557. The topological polar surface area (TPSA) is 37.8 Å². The van der Waals surface area contributed by atoms with Crippen LogP contribution < -0.4 is 5.32 Å². The average molecular weight is 267 g/mol. The summed E-state index contributed by atoms with van der Waals surface area (Å²) in [5.41, 5.74) is 3.61. The van der Waals surface area contributed by atoms with Gasteiger partial charge in [0.05, 0.1) is 5.69 Å². The van der Waals surface area contributed by atoms with E-state index in [0.717, 1.165) is 17.2 Å². The predicted octanol–water partition coefficient (Wildman–Crippen LogP) is 4.23. The Hall–Kier alpha value is -1.90. The van der Waals surface area contributed by atoms with Crippen LogP contribution in [0.2, 0.25) is 0 Å². The van der Waals surface area contributed by atoms with Crippen molar-refractivity contribution in [1.82, 2.24) is 9.97 Å². The summed E-state index contributed by atoms with van der Waals surface area (Å²) in [7, 11) is 1.84. The number of rotatable bonds is 3. The van der Waals surface area contributed by atoms with Gasteiger partial charge in [-0.2, -0.15) is 0 Å². The Kier molecular flexibility index (Phi) is 3.95. The zero-order valence-electron chi connectivity index (χ0n) is 12.0. The molecular formula is C17H21N3. The van der Waals surface area contributed by atoms with Gasteiger partial charge in [-0.05, 0) is 30.4 Å². The van der Waals surface area contributed by atoms with Crippen molar-refractivity contribution in [3.8, 4) is 11.3 Å². The standard InChI is InChI=1S/C17H21N3/c1-18-17-19-12-11-16(20-17)15-9-7-14(8-10-15)13-5-3-2-4-6-13/h7-13H,2-6H2,1H3,(H,18,19,20). The number of aromatic nitrogens is 2.